The average molecular weight is 196 g/mol. The molecule has 0 aliphatic carbocycles. The number of nitrogens with zero attached hydrogens (tertiary/aromatic N) is 2. The zero-order chi connectivity index (χ0) is 8.55. The van der Waals surface area contributed by atoms with Crippen molar-refractivity contribution in [3.63, 3.8) is 0 Å². The number of pyridine rings is 1. The van der Waals surface area contributed by atoms with Gasteiger partial charge in [0.2, 0.25) is 0 Å². The smallest absolute Gasteiger partial charge is 0.150 e. The fourth-order valence-corrected chi connectivity index (χ4v) is 2.28. The van der Waals surface area contributed by atoms with Crippen molar-refractivity contribution in [2.24, 2.45) is 0 Å². The van der Waals surface area contributed by atoms with E-state index in [4.69, 9.17) is 0 Å². The number of fused-ring (bicyclic) bond motifs is 1. The van der Waals surface area contributed by atoms with E-state index in [9.17, 15) is 0 Å². The zero-order valence-corrected chi connectivity index (χ0v) is 8.27. The second kappa shape index (κ2) is 3.03. The van der Waals surface area contributed by atoms with E-state index >= 15 is 0 Å². The van der Waals surface area contributed by atoms with Crippen molar-refractivity contribution >= 4 is 33.7 Å². The molecule has 0 N–H and O–H groups in total. The summed E-state index contributed by atoms with van der Waals surface area (Å²) in [5.41, 5.74) is 2.15. The molecule has 62 valence electrons. The minimum absolute atomic E-state index is 0.981. The second-order valence-electron chi connectivity index (χ2n) is 2.58. The van der Waals surface area contributed by atoms with Crippen LogP contribution >= 0.6 is 22.6 Å². The molecule has 0 spiro atoms. The lowest BCUT2D eigenvalue weighted by molar-refractivity contribution is 1.18. The van der Waals surface area contributed by atoms with Gasteiger partial charge in [-0.05, 0) is 25.1 Å². The van der Waals surface area contributed by atoms with Gasteiger partial charge in [-0.3, -0.25) is 3.97 Å². The van der Waals surface area contributed by atoms with Crippen LogP contribution in [0.2, 0.25) is 0 Å². The zero-order valence-electron chi connectivity index (χ0n) is 6.56. The lowest BCUT2D eigenvalue weighted by Crippen LogP contribution is -1.86. The standard InChI is InChI=1S/C8H8N2S2/c1-6-5-7-3-2-4-9-8(7)10(6)12-11/h2-5,11H,1H3. The quantitative estimate of drug-likeness (QED) is 0.558. The van der Waals surface area contributed by atoms with Crippen molar-refractivity contribution in [1.29, 1.82) is 0 Å². The summed E-state index contributed by atoms with van der Waals surface area (Å²) in [6, 6.07) is 6.09. The highest BCUT2D eigenvalue weighted by molar-refractivity contribution is 8.68. The van der Waals surface area contributed by atoms with Gasteiger partial charge in [-0.1, -0.05) is 11.7 Å². The van der Waals surface area contributed by atoms with E-state index in [1.807, 2.05) is 17.0 Å². The molecule has 2 nitrogen and oxygen atoms in total. The Balaban J connectivity index is 2.81. The lowest BCUT2D eigenvalue weighted by Gasteiger charge is -1.98. The minimum atomic E-state index is 0.981. The average Bonchev–Trinajstić information content (AvgIpc) is 2.40. The molecule has 0 fully saturated rings. The van der Waals surface area contributed by atoms with Gasteiger partial charge in [-0.15, -0.1) is 0 Å². The molecular formula is C8H8N2S2. The summed E-state index contributed by atoms with van der Waals surface area (Å²) in [5.74, 6) is 0. The van der Waals surface area contributed by atoms with Gasteiger partial charge < -0.3 is 0 Å². The molecule has 0 bridgehead atoms. The number of rotatable bonds is 1. The Morgan fingerprint density at radius 2 is 2.42 bits per heavy atom. The van der Waals surface area contributed by atoms with Gasteiger partial charge in [-0.2, -0.15) is 0 Å². The van der Waals surface area contributed by atoms with Crippen LogP contribution in [-0.4, -0.2) is 8.96 Å². The Labute approximate surface area is 79.9 Å². The maximum atomic E-state index is 4.27. The molecule has 2 rings (SSSR count). The van der Waals surface area contributed by atoms with Gasteiger partial charge in [0.25, 0.3) is 0 Å². The summed E-state index contributed by atoms with van der Waals surface area (Å²) >= 11 is 4.16. The molecular weight excluding hydrogens is 188 g/mol. The van der Waals surface area contributed by atoms with E-state index in [0.29, 0.717) is 0 Å². The van der Waals surface area contributed by atoms with Crippen LogP contribution in [0.3, 0.4) is 0 Å². The first-order chi connectivity index (χ1) is 5.83. The number of hydrogen-bond donors (Lipinski definition) is 1. The van der Waals surface area contributed by atoms with Crippen LogP contribution in [0.25, 0.3) is 11.0 Å². The van der Waals surface area contributed by atoms with Gasteiger partial charge in [0.15, 0.2) is 5.65 Å². The number of thiol groups is 1. The van der Waals surface area contributed by atoms with Crippen LogP contribution in [0, 0.1) is 6.92 Å². The van der Waals surface area contributed by atoms with Gasteiger partial charge >= 0.3 is 0 Å². The third kappa shape index (κ3) is 1.11. The van der Waals surface area contributed by atoms with Crippen molar-refractivity contribution in [2.75, 3.05) is 0 Å². The summed E-state index contributed by atoms with van der Waals surface area (Å²) in [4.78, 5) is 4.27. The highest BCUT2D eigenvalue weighted by Crippen LogP contribution is 2.23. The number of aryl methyl sites for hydroxylation is 1. The van der Waals surface area contributed by atoms with Crippen LogP contribution in [0.5, 0.6) is 0 Å². The number of aromatic nitrogens is 2. The van der Waals surface area contributed by atoms with Crippen molar-refractivity contribution in [3.8, 4) is 0 Å². The molecule has 0 saturated heterocycles. The molecule has 2 aromatic rings. The topological polar surface area (TPSA) is 17.8 Å². The summed E-state index contributed by atoms with van der Waals surface area (Å²) in [7, 11) is 1.38. The lowest BCUT2D eigenvalue weighted by atomic mass is 10.3. The summed E-state index contributed by atoms with van der Waals surface area (Å²) in [6.45, 7) is 2.05. The van der Waals surface area contributed by atoms with Crippen molar-refractivity contribution in [2.45, 2.75) is 6.92 Å². The summed E-state index contributed by atoms with van der Waals surface area (Å²) in [5, 5.41) is 1.16. The predicted molar refractivity (Wildman–Crippen MR) is 56.4 cm³/mol. The second-order valence-corrected chi connectivity index (χ2v) is 3.60. The fraction of sp³-hybridized carbons (Fsp3) is 0.125. The highest BCUT2D eigenvalue weighted by Gasteiger charge is 2.04. The van der Waals surface area contributed by atoms with Gasteiger partial charge in [0, 0.05) is 28.3 Å². The third-order valence-electron chi connectivity index (χ3n) is 1.78. The first-order valence-corrected chi connectivity index (χ1v) is 5.40. The van der Waals surface area contributed by atoms with Crippen molar-refractivity contribution in [1.82, 2.24) is 8.96 Å². The van der Waals surface area contributed by atoms with Crippen LogP contribution in [0.15, 0.2) is 24.4 Å². The monoisotopic (exact) mass is 196 g/mol. The van der Waals surface area contributed by atoms with Crippen LogP contribution in [0.4, 0.5) is 0 Å². The van der Waals surface area contributed by atoms with Crippen LogP contribution in [0.1, 0.15) is 5.69 Å². The van der Waals surface area contributed by atoms with Gasteiger partial charge in [0.1, 0.15) is 0 Å². The molecule has 0 aliphatic heterocycles. The van der Waals surface area contributed by atoms with E-state index in [1.54, 1.807) is 6.20 Å². The Morgan fingerprint density at radius 3 is 3.17 bits per heavy atom. The molecule has 12 heavy (non-hydrogen) atoms. The first kappa shape index (κ1) is 8.01. The van der Waals surface area contributed by atoms with E-state index in [0.717, 1.165) is 11.0 Å². The molecule has 0 aliphatic rings. The third-order valence-corrected chi connectivity index (χ3v) is 2.89. The summed E-state index contributed by atoms with van der Waals surface area (Å²) in [6.07, 6.45) is 1.79. The molecule has 2 aromatic heterocycles. The van der Waals surface area contributed by atoms with Crippen LogP contribution < -0.4 is 0 Å². The van der Waals surface area contributed by atoms with E-state index in [1.165, 1.54) is 16.7 Å². The van der Waals surface area contributed by atoms with Gasteiger partial charge in [0.05, 0.1) is 0 Å². The Morgan fingerprint density at radius 1 is 1.58 bits per heavy atom. The number of hydrogen-bond acceptors (Lipinski definition) is 3. The molecule has 0 saturated carbocycles. The predicted octanol–water partition coefficient (Wildman–Crippen LogP) is 2.69. The normalized spacial score (nSPS) is 10.8. The maximum Gasteiger partial charge on any atom is 0.150 e. The largest absolute Gasteiger partial charge is 0.263 e. The van der Waals surface area contributed by atoms with Gasteiger partial charge in [-0.25, -0.2) is 4.98 Å². The van der Waals surface area contributed by atoms with Crippen molar-refractivity contribution < 1.29 is 0 Å². The summed E-state index contributed by atoms with van der Waals surface area (Å²) < 4.78 is 2.00. The van der Waals surface area contributed by atoms with E-state index < -0.39 is 0 Å². The van der Waals surface area contributed by atoms with Crippen molar-refractivity contribution in [3.05, 3.63) is 30.1 Å². The molecule has 0 unspecified atom stereocenters. The minimum Gasteiger partial charge on any atom is -0.263 e. The Kier molecular flexibility index (Phi) is 2.02. The fourth-order valence-electron chi connectivity index (χ4n) is 1.25. The molecule has 0 radical (unpaired) electrons. The molecule has 4 heteroatoms. The Bertz CT molecular complexity index is 408. The first-order valence-electron chi connectivity index (χ1n) is 3.58. The maximum absolute atomic E-state index is 4.27. The molecule has 2 heterocycles. The Hall–Kier alpha value is -0.610. The van der Waals surface area contributed by atoms with E-state index in [2.05, 4.69) is 28.8 Å². The molecule has 0 atom stereocenters. The van der Waals surface area contributed by atoms with Crippen LogP contribution in [-0.2, 0) is 0 Å². The highest BCUT2D eigenvalue weighted by atomic mass is 33.1. The molecule has 0 amide bonds. The molecule has 0 aromatic carbocycles. The van der Waals surface area contributed by atoms with E-state index in [-0.39, 0.29) is 0 Å². The SMILES string of the molecule is Cc1cc2cccnc2n1SS.